The van der Waals surface area contributed by atoms with Gasteiger partial charge in [-0.15, -0.1) is 0 Å². The Labute approximate surface area is 125 Å². The molecule has 3 aliphatic rings. The number of likely N-dealkylation sites (tertiary alicyclic amines) is 1. The molecule has 0 amide bonds. The first-order valence-corrected chi connectivity index (χ1v) is 9.23. The summed E-state index contributed by atoms with van der Waals surface area (Å²) in [5.74, 6) is 2.75. The molecule has 116 valence electrons. The van der Waals surface area contributed by atoms with Crippen LogP contribution in [0.5, 0.6) is 0 Å². The summed E-state index contributed by atoms with van der Waals surface area (Å²) in [6, 6.07) is 1.73. The second-order valence-corrected chi connectivity index (χ2v) is 7.86. The minimum Gasteiger partial charge on any atom is -0.314 e. The van der Waals surface area contributed by atoms with Gasteiger partial charge in [0, 0.05) is 18.6 Å². The van der Waals surface area contributed by atoms with Gasteiger partial charge in [-0.25, -0.2) is 0 Å². The lowest BCUT2D eigenvalue weighted by molar-refractivity contribution is 0.0375. The lowest BCUT2D eigenvalue weighted by Gasteiger charge is -2.46. The maximum atomic E-state index is 3.76. The molecular formula is C18H34N2. The van der Waals surface area contributed by atoms with Crippen molar-refractivity contribution in [3.05, 3.63) is 0 Å². The van der Waals surface area contributed by atoms with Crippen LogP contribution in [0.4, 0.5) is 0 Å². The minimum atomic E-state index is 0.832. The average molecular weight is 278 g/mol. The molecule has 2 nitrogen and oxygen atoms in total. The zero-order valence-electron chi connectivity index (χ0n) is 13.6. The van der Waals surface area contributed by atoms with Crippen molar-refractivity contribution >= 4 is 0 Å². The van der Waals surface area contributed by atoms with Gasteiger partial charge >= 0.3 is 0 Å². The first-order chi connectivity index (χ1) is 9.75. The number of nitrogens with zero attached hydrogens (tertiary/aromatic N) is 1. The minimum absolute atomic E-state index is 0.832. The molecule has 1 N–H and O–H groups in total. The van der Waals surface area contributed by atoms with Gasteiger partial charge in [-0.3, -0.25) is 4.90 Å². The van der Waals surface area contributed by atoms with Crippen molar-refractivity contribution in [3.63, 3.8) is 0 Å². The highest BCUT2D eigenvalue weighted by molar-refractivity contribution is 4.91. The van der Waals surface area contributed by atoms with Crippen LogP contribution >= 0.6 is 0 Å². The molecule has 0 aromatic carbocycles. The summed E-state index contributed by atoms with van der Waals surface area (Å²) in [5.41, 5.74) is 0. The van der Waals surface area contributed by atoms with Gasteiger partial charge in [0.1, 0.15) is 0 Å². The standard InChI is InChI=1S/C18H34N2/c1-14(2)16-8-3-4-10-18(16)20-12-6-7-15(13-20)17-9-5-11-19-17/h14-19H,3-13H2,1-2H3. The van der Waals surface area contributed by atoms with Crippen molar-refractivity contribution in [1.29, 1.82) is 0 Å². The van der Waals surface area contributed by atoms with E-state index in [0.29, 0.717) is 0 Å². The molecule has 4 atom stereocenters. The monoisotopic (exact) mass is 278 g/mol. The zero-order chi connectivity index (χ0) is 13.9. The van der Waals surface area contributed by atoms with Crippen LogP contribution in [0, 0.1) is 17.8 Å². The second-order valence-electron chi connectivity index (χ2n) is 7.86. The van der Waals surface area contributed by atoms with E-state index < -0.39 is 0 Å². The molecule has 3 rings (SSSR count). The second kappa shape index (κ2) is 6.79. The van der Waals surface area contributed by atoms with Crippen LogP contribution in [0.15, 0.2) is 0 Å². The number of hydrogen-bond donors (Lipinski definition) is 1. The highest BCUT2D eigenvalue weighted by atomic mass is 15.2. The summed E-state index contributed by atoms with van der Waals surface area (Å²) in [7, 11) is 0. The molecule has 4 unspecified atom stereocenters. The van der Waals surface area contributed by atoms with Crippen LogP contribution in [0.2, 0.25) is 0 Å². The first kappa shape index (κ1) is 14.8. The van der Waals surface area contributed by atoms with Crippen LogP contribution in [0.25, 0.3) is 0 Å². The molecule has 2 heteroatoms. The van der Waals surface area contributed by atoms with E-state index in [9.17, 15) is 0 Å². The third-order valence-electron chi connectivity index (χ3n) is 6.26. The molecule has 1 saturated carbocycles. The Morgan fingerprint density at radius 2 is 1.80 bits per heavy atom. The number of hydrogen-bond acceptors (Lipinski definition) is 2. The van der Waals surface area contributed by atoms with E-state index in [1.54, 1.807) is 0 Å². The topological polar surface area (TPSA) is 15.3 Å². The van der Waals surface area contributed by atoms with Crippen molar-refractivity contribution in [1.82, 2.24) is 10.2 Å². The summed E-state index contributed by atoms with van der Waals surface area (Å²) in [6.07, 6.45) is 11.6. The molecule has 3 fully saturated rings. The largest absolute Gasteiger partial charge is 0.314 e. The maximum absolute atomic E-state index is 3.76. The van der Waals surface area contributed by atoms with Gasteiger partial charge in [-0.2, -0.15) is 0 Å². The van der Waals surface area contributed by atoms with Crippen molar-refractivity contribution in [2.75, 3.05) is 19.6 Å². The van der Waals surface area contributed by atoms with Crippen LogP contribution in [-0.4, -0.2) is 36.6 Å². The lowest BCUT2D eigenvalue weighted by atomic mass is 9.76. The van der Waals surface area contributed by atoms with Gasteiger partial charge < -0.3 is 5.32 Å². The molecule has 0 aromatic heterocycles. The molecule has 2 saturated heterocycles. The summed E-state index contributed by atoms with van der Waals surface area (Å²) < 4.78 is 0. The van der Waals surface area contributed by atoms with Gasteiger partial charge in [-0.05, 0) is 69.4 Å². The van der Waals surface area contributed by atoms with E-state index >= 15 is 0 Å². The lowest BCUT2D eigenvalue weighted by Crippen LogP contribution is -2.51. The summed E-state index contributed by atoms with van der Waals surface area (Å²) in [5, 5.41) is 3.76. The van der Waals surface area contributed by atoms with E-state index in [-0.39, 0.29) is 0 Å². The molecule has 0 spiro atoms. The van der Waals surface area contributed by atoms with Gasteiger partial charge in [0.15, 0.2) is 0 Å². The van der Waals surface area contributed by atoms with Crippen molar-refractivity contribution in [2.24, 2.45) is 17.8 Å². The van der Waals surface area contributed by atoms with Crippen molar-refractivity contribution in [3.8, 4) is 0 Å². The highest BCUT2D eigenvalue weighted by Gasteiger charge is 2.36. The van der Waals surface area contributed by atoms with Crippen molar-refractivity contribution < 1.29 is 0 Å². The molecular weight excluding hydrogens is 244 g/mol. The predicted octanol–water partition coefficient (Wildman–Crippen LogP) is 3.67. The quantitative estimate of drug-likeness (QED) is 0.847. The smallest absolute Gasteiger partial charge is 0.0126 e. The normalized spacial score (nSPS) is 40.4. The van der Waals surface area contributed by atoms with Crippen LogP contribution in [0.1, 0.15) is 65.2 Å². The molecule has 1 aliphatic carbocycles. The Balaban J connectivity index is 1.62. The van der Waals surface area contributed by atoms with Gasteiger partial charge in [0.2, 0.25) is 0 Å². The maximum Gasteiger partial charge on any atom is 0.0126 e. The molecule has 20 heavy (non-hydrogen) atoms. The fourth-order valence-corrected chi connectivity index (χ4v) is 5.15. The van der Waals surface area contributed by atoms with E-state index in [4.69, 9.17) is 0 Å². The Morgan fingerprint density at radius 3 is 2.55 bits per heavy atom. The summed E-state index contributed by atoms with van der Waals surface area (Å²) in [6.45, 7) is 8.91. The summed E-state index contributed by atoms with van der Waals surface area (Å²) in [4.78, 5) is 2.90. The molecule has 0 bridgehead atoms. The average Bonchev–Trinajstić information content (AvgIpc) is 3.01. The van der Waals surface area contributed by atoms with Crippen LogP contribution in [0.3, 0.4) is 0 Å². The van der Waals surface area contributed by atoms with E-state index in [2.05, 4.69) is 24.1 Å². The fraction of sp³-hybridized carbons (Fsp3) is 1.00. The highest BCUT2D eigenvalue weighted by Crippen LogP contribution is 2.36. The Kier molecular flexibility index (Phi) is 5.04. The molecule has 2 aliphatic heterocycles. The zero-order valence-corrected chi connectivity index (χ0v) is 13.6. The van der Waals surface area contributed by atoms with E-state index in [0.717, 1.165) is 29.8 Å². The molecule has 2 heterocycles. The SMILES string of the molecule is CC(C)C1CCCCC1N1CCCC(C2CCCN2)C1. The molecule has 0 radical (unpaired) electrons. The predicted molar refractivity (Wildman–Crippen MR) is 85.9 cm³/mol. The first-order valence-electron chi connectivity index (χ1n) is 9.23. The van der Waals surface area contributed by atoms with Gasteiger partial charge in [0.05, 0.1) is 0 Å². The number of piperidine rings is 1. The molecule has 0 aromatic rings. The van der Waals surface area contributed by atoms with Gasteiger partial charge in [0.25, 0.3) is 0 Å². The van der Waals surface area contributed by atoms with Crippen LogP contribution in [-0.2, 0) is 0 Å². The third-order valence-corrected chi connectivity index (χ3v) is 6.26. The van der Waals surface area contributed by atoms with E-state index in [1.807, 2.05) is 0 Å². The Hall–Kier alpha value is -0.0800. The van der Waals surface area contributed by atoms with Gasteiger partial charge in [-0.1, -0.05) is 26.7 Å². The fourth-order valence-electron chi connectivity index (χ4n) is 5.15. The Morgan fingerprint density at radius 1 is 0.950 bits per heavy atom. The van der Waals surface area contributed by atoms with Crippen LogP contribution < -0.4 is 5.32 Å². The van der Waals surface area contributed by atoms with Crippen molar-refractivity contribution in [2.45, 2.75) is 77.3 Å². The van der Waals surface area contributed by atoms with E-state index in [1.165, 1.54) is 71.0 Å². The Bertz CT molecular complexity index is 296. The third kappa shape index (κ3) is 3.22. The number of nitrogens with one attached hydrogen (secondary N) is 1. The summed E-state index contributed by atoms with van der Waals surface area (Å²) >= 11 is 0. The number of rotatable bonds is 3.